The number of aryl methyl sites for hydroxylation is 1. The van der Waals surface area contributed by atoms with Gasteiger partial charge in [0.05, 0.1) is 0 Å². The number of carbonyl (C=O) groups excluding carboxylic acids is 2. The van der Waals surface area contributed by atoms with Crippen molar-refractivity contribution in [1.29, 1.82) is 0 Å². The predicted molar refractivity (Wildman–Crippen MR) is 106 cm³/mol. The quantitative estimate of drug-likeness (QED) is 0.257. The fourth-order valence-corrected chi connectivity index (χ4v) is 3.69. The summed E-state index contributed by atoms with van der Waals surface area (Å²) in [6, 6.07) is 9.52. The summed E-state index contributed by atoms with van der Waals surface area (Å²) in [5.41, 5.74) is 2.21. The number of amidine groups is 1. The molecule has 0 aliphatic rings. The molecule has 0 bridgehead atoms. The second-order valence-electron chi connectivity index (χ2n) is 5.33. The first-order chi connectivity index (χ1) is 12.4. The molecule has 0 unspecified atom stereocenters. The van der Waals surface area contributed by atoms with Crippen molar-refractivity contribution >= 4 is 55.0 Å². The molecule has 0 fully saturated rings. The Morgan fingerprint density at radius 3 is 2.62 bits per heavy atom. The minimum absolute atomic E-state index is 0.291. The van der Waals surface area contributed by atoms with Crippen LogP contribution >= 0.6 is 11.3 Å². The zero-order chi connectivity index (χ0) is 19.1. The number of nitrogens with one attached hydrogen (secondary N) is 1. The zero-order valence-electron chi connectivity index (χ0n) is 14.7. The van der Waals surface area contributed by atoms with E-state index < -0.39 is 5.97 Å². The number of hydrogen-bond donors (Lipinski definition) is 1. The average Bonchev–Trinajstić information content (AvgIpc) is 2.88. The van der Waals surface area contributed by atoms with Crippen molar-refractivity contribution in [2.75, 3.05) is 6.61 Å². The maximum absolute atomic E-state index is 12.2. The van der Waals surface area contributed by atoms with Crippen LogP contribution in [-0.4, -0.2) is 39.2 Å². The van der Waals surface area contributed by atoms with E-state index in [-0.39, 0.29) is 5.91 Å². The summed E-state index contributed by atoms with van der Waals surface area (Å²) in [7, 11) is 0. The Hall–Kier alpha value is -2.21. The standard InChI is InChI=1S/C19H19N2O3SSe/c1-4-24-18(23)16-12(2)13(3)25-17(16)21-19(26)20-15(22)11-10-14-8-6-5-7-9-14/h5-11H,4H2,1-3H3,(H,20,21,22)/b11-10+. The van der Waals surface area contributed by atoms with Crippen LogP contribution in [0.1, 0.15) is 33.3 Å². The van der Waals surface area contributed by atoms with E-state index in [4.69, 9.17) is 4.74 Å². The summed E-state index contributed by atoms with van der Waals surface area (Å²) in [6.45, 7) is 5.83. The number of ether oxygens (including phenoxy) is 1. The first-order valence-electron chi connectivity index (χ1n) is 7.99. The number of aliphatic imine (C=N–C) groups is 1. The average molecular weight is 434 g/mol. The van der Waals surface area contributed by atoms with Gasteiger partial charge in [-0.05, 0) is 0 Å². The van der Waals surface area contributed by atoms with E-state index in [0.717, 1.165) is 16.0 Å². The zero-order valence-corrected chi connectivity index (χ0v) is 17.3. The van der Waals surface area contributed by atoms with Crippen molar-refractivity contribution in [2.24, 2.45) is 4.99 Å². The Morgan fingerprint density at radius 2 is 1.96 bits per heavy atom. The number of thiophene rings is 1. The topological polar surface area (TPSA) is 67.8 Å². The van der Waals surface area contributed by atoms with E-state index in [1.54, 1.807) is 13.0 Å². The van der Waals surface area contributed by atoms with Gasteiger partial charge in [-0.25, -0.2) is 0 Å². The predicted octanol–water partition coefficient (Wildman–Crippen LogP) is 3.53. The molecule has 1 N–H and O–H groups in total. The van der Waals surface area contributed by atoms with Crippen LogP contribution in [0.3, 0.4) is 0 Å². The van der Waals surface area contributed by atoms with Gasteiger partial charge in [-0.1, -0.05) is 0 Å². The van der Waals surface area contributed by atoms with E-state index >= 15 is 0 Å². The van der Waals surface area contributed by atoms with Crippen LogP contribution in [0.25, 0.3) is 6.08 Å². The number of hydrogen-bond acceptors (Lipinski definition) is 5. The third-order valence-corrected chi connectivity index (χ3v) is 5.01. The van der Waals surface area contributed by atoms with Gasteiger partial charge in [0.25, 0.3) is 0 Å². The molecular formula is C19H19N2O3SSe. The number of rotatable bonds is 5. The molecule has 1 aromatic heterocycles. The van der Waals surface area contributed by atoms with E-state index in [1.165, 1.54) is 17.4 Å². The summed E-state index contributed by atoms with van der Waals surface area (Å²) in [5.74, 6) is -0.717. The molecule has 26 heavy (non-hydrogen) atoms. The van der Waals surface area contributed by atoms with Crippen LogP contribution in [-0.2, 0) is 9.53 Å². The van der Waals surface area contributed by atoms with Gasteiger partial charge in [0.2, 0.25) is 0 Å². The van der Waals surface area contributed by atoms with Crippen LogP contribution < -0.4 is 5.32 Å². The van der Waals surface area contributed by atoms with Gasteiger partial charge in [0, 0.05) is 0 Å². The Balaban J connectivity index is 2.14. The molecule has 0 spiro atoms. The van der Waals surface area contributed by atoms with Crippen molar-refractivity contribution in [2.45, 2.75) is 20.8 Å². The summed E-state index contributed by atoms with van der Waals surface area (Å²) in [4.78, 5) is 29.5. The van der Waals surface area contributed by atoms with E-state index in [9.17, 15) is 9.59 Å². The van der Waals surface area contributed by atoms with Crippen molar-refractivity contribution in [3.05, 3.63) is 58.0 Å². The van der Waals surface area contributed by atoms with Crippen LogP contribution in [0.5, 0.6) is 0 Å². The van der Waals surface area contributed by atoms with E-state index in [0.29, 0.717) is 21.9 Å². The molecule has 0 aliphatic carbocycles. The van der Waals surface area contributed by atoms with Crippen molar-refractivity contribution < 1.29 is 14.3 Å². The van der Waals surface area contributed by atoms with Gasteiger partial charge in [-0.15, -0.1) is 0 Å². The molecule has 2 rings (SSSR count). The molecule has 0 saturated carbocycles. The van der Waals surface area contributed by atoms with Crippen molar-refractivity contribution in [1.82, 2.24) is 5.32 Å². The summed E-state index contributed by atoms with van der Waals surface area (Å²) in [6.07, 6.45) is 3.14. The Kier molecular flexibility index (Phi) is 7.33. The summed E-state index contributed by atoms with van der Waals surface area (Å²) in [5, 5.41) is 3.16. The van der Waals surface area contributed by atoms with Crippen LogP contribution in [0.4, 0.5) is 5.00 Å². The summed E-state index contributed by atoms with van der Waals surface area (Å²) < 4.78 is 5.39. The van der Waals surface area contributed by atoms with E-state index in [1.807, 2.05) is 44.2 Å². The molecule has 135 valence electrons. The number of nitrogens with zero attached hydrogens (tertiary/aromatic N) is 1. The van der Waals surface area contributed by atoms with Gasteiger partial charge in [-0.2, -0.15) is 0 Å². The molecular weight excluding hydrogens is 415 g/mol. The minimum atomic E-state index is -0.406. The van der Waals surface area contributed by atoms with Gasteiger partial charge in [-0.3, -0.25) is 0 Å². The molecule has 1 aromatic carbocycles. The van der Waals surface area contributed by atoms with E-state index in [2.05, 4.69) is 26.3 Å². The van der Waals surface area contributed by atoms with Gasteiger partial charge < -0.3 is 0 Å². The van der Waals surface area contributed by atoms with Gasteiger partial charge >= 0.3 is 165 Å². The Morgan fingerprint density at radius 1 is 1.27 bits per heavy atom. The number of esters is 1. The normalized spacial score (nSPS) is 11.6. The number of amides is 1. The third-order valence-electron chi connectivity index (χ3n) is 3.51. The molecule has 0 aliphatic heterocycles. The molecule has 0 atom stereocenters. The SMILES string of the molecule is CCOC(=O)c1c(/N=C(\[Se])NC(=O)/C=C/c2ccccc2)sc(C)c1C. The fraction of sp³-hybridized carbons (Fsp3) is 0.211. The van der Waals surface area contributed by atoms with Crippen LogP contribution in [0.15, 0.2) is 41.4 Å². The second-order valence-corrected chi connectivity index (χ2v) is 7.35. The maximum atomic E-state index is 12.2. The Bertz CT molecular complexity index is 857. The second kappa shape index (κ2) is 9.48. The Labute approximate surface area is 165 Å². The molecule has 5 nitrogen and oxygen atoms in total. The van der Waals surface area contributed by atoms with Crippen LogP contribution in [0, 0.1) is 13.8 Å². The molecule has 1 amide bonds. The third kappa shape index (κ3) is 5.39. The first kappa shape index (κ1) is 20.1. The summed E-state index contributed by atoms with van der Waals surface area (Å²) >= 11 is 4.10. The number of benzene rings is 1. The number of carbonyl (C=O) groups is 2. The van der Waals surface area contributed by atoms with Gasteiger partial charge in [0.1, 0.15) is 0 Å². The first-order valence-corrected chi connectivity index (χ1v) is 9.66. The molecule has 7 heteroatoms. The van der Waals surface area contributed by atoms with Gasteiger partial charge in [0.15, 0.2) is 0 Å². The molecule has 2 aromatic rings. The fourth-order valence-electron chi connectivity index (χ4n) is 2.13. The molecule has 0 saturated heterocycles. The molecule has 1 radical (unpaired) electrons. The van der Waals surface area contributed by atoms with Crippen molar-refractivity contribution in [3.8, 4) is 0 Å². The van der Waals surface area contributed by atoms with Crippen LogP contribution in [0.2, 0.25) is 0 Å². The monoisotopic (exact) mass is 435 g/mol. The molecule has 1 heterocycles. The van der Waals surface area contributed by atoms with Crippen molar-refractivity contribution in [3.63, 3.8) is 0 Å².